The molecule has 1 aliphatic carbocycles. The molecule has 0 aliphatic heterocycles. The average Bonchev–Trinajstić information content (AvgIpc) is 2.93. The van der Waals surface area contributed by atoms with E-state index in [-0.39, 0.29) is 5.95 Å². The van der Waals surface area contributed by atoms with Crippen LogP contribution in [0.4, 0.5) is 11.8 Å². The molecule has 0 atom stereocenters. The van der Waals surface area contributed by atoms with Gasteiger partial charge in [-0.3, -0.25) is 0 Å². The fourth-order valence-corrected chi connectivity index (χ4v) is 4.09. The van der Waals surface area contributed by atoms with Gasteiger partial charge in [0.25, 0.3) is 0 Å². The molecule has 19 heavy (non-hydrogen) atoms. The van der Waals surface area contributed by atoms with E-state index in [1.54, 1.807) is 11.3 Å². The number of anilines is 2. The lowest BCUT2D eigenvalue weighted by atomic mass is 10.1. The van der Waals surface area contributed by atoms with E-state index < -0.39 is 0 Å². The number of pyridine rings is 1. The minimum atomic E-state index is 0.233. The van der Waals surface area contributed by atoms with E-state index in [0.29, 0.717) is 5.82 Å². The van der Waals surface area contributed by atoms with Crippen LogP contribution < -0.4 is 11.5 Å². The van der Waals surface area contributed by atoms with Crippen LogP contribution in [-0.4, -0.2) is 15.0 Å². The summed E-state index contributed by atoms with van der Waals surface area (Å²) in [5.74, 6) is 0.687. The highest BCUT2D eigenvalue weighted by molar-refractivity contribution is 7.26. The van der Waals surface area contributed by atoms with Gasteiger partial charge in [-0.05, 0) is 37.3 Å². The summed E-state index contributed by atoms with van der Waals surface area (Å²) < 4.78 is 0.899. The van der Waals surface area contributed by atoms with Crippen molar-refractivity contribution in [1.29, 1.82) is 0 Å². The largest absolute Gasteiger partial charge is 0.382 e. The van der Waals surface area contributed by atoms with Crippen molar-refractivity contribution in [2.45, 2.75) is 26.2 Å². The van der Waals surface area contributed by atoms with Crippen molar-refractivity contribution < 1.29 is 0 Å². The van der Waals surface area contributed by atoms with E-state index >= 15 is 0 Å². The summed E-state index contributed by atoms with van der Waals surface area (Å²) in [5.41, 5.74) is 16.4. The zero-order valence-electron chi connectivity index (χ0n) is 10.5. The molecule has 0 saturated carbocycles. The molecule has 0 amide bonds. The van der Waals surface area contributed by atoms with Gasteiger partial charge in [0, 0.05) is 11.1 Å². The molecule has 3 heterocycles. The second-order valence-electron chi connectivity index (χ2n) is 4.93. The number of nitrogen functional groups attached to an aromatic ring is 2. The molecular weight excluding hydrogens is 258 g/mol. The normalized spacial score (nSPS) is 14.4. The molecule has 4 rings (SSSR count). The van der Waals surface area contributed by atoms with Gasteiger partial charge < -0.3 is 11.5 Å². The number of nitrogens with zero attached hydrogens (tertiary/aromatic N) is 3. The Bertz CT molecular complexity index is 836. The van der Waals surface area contributed by atoms with Crippen LogP contribution >= 0.6 is 11.3 Å². The summed E-state index contributed by atoms with van der Waals surface area (Å²) in [5, 5.41) is 1.14. The maximum Gasteiger partial charge on any atom is 0.222 e. The van der Waals surface area contributed by atoms with E-state index in [1.165, 1.54) is 17.5 Å². The lowest BCUT2D eigenvalue weighted by Crippen LogP contribution is -1.99. The van der Waals surface area contributed by atoms with Crippen molar-refractivity contribution in [3.8, 4) is 0 Å². The Hall–Kier alpha value is -1.95. The summed E-state index contributed by atoms with van der Waals surface area (Å²) in [7, 11) is 0. The standard InChI is InChI=1S/C13H13N5S/c1-5-6-3-2-4-7(6)8-9-10(19-12(8)16-5)11(14)18-13(15)17-9/h2-4H2,1H3,(H4,14,15,17,18). The van der Waals surface area contributed by atoms with Crippen LogP contribution in [0.2, 0.25) is 0 Å². The highest BCUT2D eigenvalue weighted by Gasteiger charge is 2.22. The summed E-state index contributed by atoms with van der Waals surface area (Å²) in [6, 6.07) is 0. The molecule has 0 fully saturated rings. The first-order chi connectivity index (χ1) is 9.15. The van der Waals surface area contributed by atoms with Gasteiger partial charge >= 0.3 is 0 Å². The van der Waals surface area contributed by atoms with Gasteiger partial charge in [0.05, 0.1) is 10.2 Å². The molecule has 0 unspecified atom stereocenters. The van der Waals surface area contributed by atoms with Crippen molar-refractivity contribution in [2.75, 3.05) is 11.5 Å². The van der Waals surface area contributed by atoms with E-state index in [2.05, 4.69) is 16.9 Å². The van der Waals surface area contributed by atoms with Crippen LogP contribution in [0.25, 0.3) is 20.4 Å². The quantitative estimate of drug-likeness (QED) is 0.654. The Kier molecular flexibility index (Phi) is 2.04. The monoisotopic (exact) mass is 271 g/mol. The maximum absolute atomic E-state index is 5.96. The van der Waals surface area contributed by atoms with Crippen molar-refractivity contribution in [1.82, 2.24) is 15.0 Å². The Morgan fingerprint density at radius 3 is 2.68 bits per heavy atom. The Morgan fingerprint density at radius 1 is 1.05 bits per heavy atom. The third kappa shape index (κ3) is 1.37. The van der Waals surface area contributed by atoms with Crippen molar-refractivity contribution in [3.05, 3.63) is 16.8 Å². The molecule has 0 saturated heterocycles. The Labute approximate surface area is 113 Å². The smallest absolute Gasteiger partial charge is 0.222 e. The fourth-order valence-electron chi connectivity index (χ4n) is 2.99. The summed E-state index contributed by atoms with van der Waals surface area (Å²) in [4.78, 5) is 14.1. The lowest BCUT2D eigenvalue weighted by Gasteiger charge is -2.04. The van der Waals surface area contributed by atoms with Crippen LogP contribution in [-0.2, 0) is 12.8 Å². The number of fused-ring (bicyclic) bond motifs is 5. The zero-order valence-corrected chi connectivity index (χ0v) is 11.3. The predicted molar refractivity (Wildman–Crippen MR) is 78.3 cm³/mol. The van der Waals surface area contributed by atoms with Gasteiger partial charge in [0.2, 0.25) is 5.95 Å². The van der Waals surface area contributed by atoms with Gasteiger partial charge in [-0.25, -0.2) is 9.97 Å². The van der Waals surface area contributed by atoms with E-state index in [0.717, 1.165) is 39.0 Å². The second-order valence-corrected chi connectivity index (χ2v) is 5.93. The number of rotatable bonds is 0. The summed E-state index contributed by atoms with van der Waals surface area (Å²) in [6.07, 6.45) is 3.38. The molecule has 96 valence electrons. The average molecular weight is 271 g/mol. The fraction of sp³-hybridized carbons (Fsp3) is 0.308. The highest BCUT2D eigenvalue weighted by Crippen LogP contribution is 2.40. The lowest BCUT2D eigenvalue weighted by molar-refractivity contribution is 0.908. The van der Waals surface area contributed by atoms with E-state index in [4.69, 9.17) is 16.5 Å². The van der Waals surface area contributed by atoms with Crippen LogP contribution in [0.15, 0.2) is 0 Å². The predicted octanol–water partition coefficient (Wildman–Crippen LogP) is 2.20. The summed E-state index contributed by atoms with van der Waals surface area (Å²) >= 11 is 1.56. The molecule has 4 N–H and O–H groups in total. The molecule has 0 aromatic carbocycles. The van der Waals surface area contributed by atoms with Crippen molar-refractivity contribution >= 4 is 43.5 Å². The molecule has 0 spiro atoms. The van der Waals surface area contributed by atoms with Gasteiger partial charge in [0.15, 0.2) is 0 Å². The first-order valence-electron chi connectivity index (χ1n) is 6.28. The molecule has 1 aliphatic rings. The molecule has 3 aromatic rings. The van der Waals surface area contributed by atoms with E-state index in [9.17, 15) is 0 Å². The Morgan fingerprint density at radius 2 is 1.84 bits per heavy atom. The third-order valence-corrected chi connectivity index (χ3v) is 4.88. The number of aryl methyl sites for hydroxylation is 2. The SMILES string of the molecule is Cc1nc2sc3c(N)nc(N)nc3c2c2c1CCC2. The maximum atomic E-state index is 5.96. The molecule has 5 nitrogen and oxygen atoms in total. The van der Waals surface area contributed by atoms with Crippen molar-refractivity contribution in [2.24, 2.45) is 0 Å². The third-order valence-electron chi connectivity index (χ3n) is 3.78. The second kappa shape index (κ2) is 3.54. The minimum Gasteiger partial charge on any atom is -0.382 e. The van der Waals surface area contributed by atoms with E-state index in [1.807, 2.05) is 0 Å². The van der Waals surface area contributed by atoms with Gasteiger partial charge in [-0.15, -0.1) is 11.3 Å². The zero-order chi connectivity index (χ0) is 13.1. The van der Waals surface area contributed by atoms with Gasteiger partial charge in [0.1, 0.15) is 10.6 Å². The highest BCUT2D eigenvalue weighted by atomic mass is 32.1. The van der Waals surface area contributed by atoms with Crippen LogP contribution in [0.3, 0.4) is 0 Å². The van der Waals surface area contributed by atoms with Gasteiger partial charge in [-0.1, -0.05) is 0 Å². The molecular formula is C13H13N5S. The van der Waals surface area contributed by atoms with Crippen LogP contribution in [0.5, 0.6) is 0 Å². The first-order valence-corrected chi connectivity index (χ1v) is 7.10. The number of hydrogen-bond donors (Lipinski definition) is 2. The molecule has 0 bridgehead atoms. The topological polar surface area (TPSA) is 90.7 Å². The first kappa shape index (κ1) is 10.9. The number of hydrogen-bond acceptors (Lipinski definition) is 6. The molecule has 0 radical (unpaired) electrons. The number of thiophene rings is 1. The molecule has 3 aromatic heterocycles. The Balaban J connectivity index is 2.27. The number of nitrogens with two attached hydrogens (primary N) is 2. The summed E-state index contributed by atoms with van der Waals surface area (Å²) in [6.45, 7) is 2.08. The van der Waals surface area contributed by atoms with Crippen LogP contribution in [0, 0.1) is 6.92 Å². The van der Waals surface area contributed by atoms with Crippen molar-refractivity contribution in [3.63, 3.8) is 0 Å². The number of aromatic nitrogens is 3. The van der Waals surface area contributed by atoms with Crippen LogP contribution in [0.1, 0.15) is 23.2 Å². The minimum absolute atomic E-state index is 0.233. The van der Waals surface area contributed by atoms with Gasteiger partial charge in [-0.2, -0.15) is 4.98 Å². The molecule has 6 heteroatoms.